The summed E-state index contributed by atoms with van der Waals surface area (Å²) in [6.07, 6.45) is 2.59. The van der Waals surface area contributed by atoms with Gasteiger partial charge in [-0.25, -0.2) is 0 Å². The quantitative estimate of drug-likeness (QED) is 0.484. The van der Waals surface area contributed by atoms with Crippen LogP contribution < -0.4 is 5.32 Å². The van der Waals surface area contributed by atoms with E-state index in [1.165, 1.54) is 12.8 Å². The van der Waals surface area contributed by atoms with Crippen molar-refractivity contribution in [3.8, 4) is 0 Å². The molecule has 4 nitrogen and oxygen atoms in total. The van der Waals surface area contributed by atoms with Crippen LogP contribution in [0.25, 0.3) is 0 Å². The Morgan fingerprint density at radius 1 is 1.47 bits per heavy atom. The Morgan fingerprint density at radius 3 is 2.80 bits per heavy atom. The predicted molar refractivity (Wildman–Crippen MR) is 57.6 cm³/mol. The van der Waals surface area contributed by atoms with E-state index in [0.717, 1.165) is 12.5 Å². The Balaban J connectivity index is 1.80. The Kier molecular flexibility index (Phi) is 5.65. The second kappa shape index (κ2) is 6.80. The molecule has 0 unspecified atom stereocenters. The van der Waals surface area contributed by atoms with E-state index in [0.29, 0.717) is 13.2 Å². The van der Waals surface area contributed by atoms with Crippen LogP contribution in [-0.2, 0) is 14.3 Å². The molecule has 0 radical (unpaired) electrons. The Labute approximate surface area is 91.3 Å². The first-order valence-corrected chi connectivity index (χ1v) is 5.66. The fraction of sp³-hybridized carbons (Fsp3) is 0.909. The highest BCUT2D eigenvalue weighted by Gasteiger charge is 2.20. The lowest BCUT2D eigenvalue weighted by Gasteiger charge is -2.08. The summed E-state index contributed by atoms with van der Waals surface area (Å²) in [6, 6.07) is 0. The summed E-state index contributed by atoms with van der Waals surface area (Å²) in [4.78, 5) is 11.1. The molecule has 1 rings (SSSR count). The van der Waals surface area contributed by atoms with E-state index in [1.807, 2.05) is 13.8 Å². The Morgan fingerprint density at radius 2 is 2.20 bits per heavy atom. The van der Waals surface area contributed by atoms with Crippen LogP contribution in [0.2, 0.25) is 0 Å². The molecule has 1 aliphatic carbocycles. The van der Waals surface area contributed by atoms with Gasteiger partial charge in [0, 0.05) is 13.2 Å². The van der Waals surface area contributed by atoms with Crippen LogP contribution in [0.15, 0.2) is 0 Å². The predicted octanol–water partition coefficient (Wildman–Crippen LogP) is 0.954. The normalized spacial score (nSPS) is 15.7. The molecule has 0 aliphatic heterocycles. The summed E-state index contributed by atoms with van der Waals surface area (Å²) < 4.78 is 10.4. The molecule has 88 valence electrons. The fourth-order valence-electron chi connectivity index (χ4n) is 1.17. The molecule has 1 fully saturated rings. The number of carbonyl (C=O) groups is 1. The summed E-state index contributed by atoms with van der Waals surface area (Å²) in [5.74, 6) is 0.600. The largest absolute Gasteiger partial charge is 0.462 e. The van der Waals surface area contributed by atoms with Crippen molar-refractivity contribution in [2.75, 3.05) is 26.3 Å². The Hall–Kier alpha value is -0.610. The van der Waals surface area contributed by atoms with Crippen LogP contribution in [0.1, 0.15) is 26.7 Å². The highest BCUT2D eigenvalue weighted by atomic mass is 16.5. The van der Waals surface area contributed by atoms with E-state index in [1.54, 1.807) is 0 Å². The van der Waals surface area contributed by atoms with Crippen molar-refractivity contribution in [3.63, 3.8) is 0 Å². The third-order valence-corrected chi connectivity index (χ3v) is 2.11. The van der Waals surface area contributed by atoms with Crippen molar-refractivity contribution in [2.24, 2.45) is 5.92 Å². The summed E-state index contributed by atoms with van der Waals surface area (Å²) in [5.41, 5.74) is 0. The molecule has 0 aromatic rings. The lowest BCUT2D eigenvalue weighted by Crippen LogP contribution is -2.29. The highest BCUT2D eigenvalue weighted by Crippen LogP contribution is 2.28. The fourth-order valence-corrected chi connectivity index (χ4v) is 1.17. The van der Waals surface area contributed by atoms with Crippen LogP contribution in [0, 0.1) is 5.92 Å². The van der Waals surface area contributed by atoms with E-state index in [4.69, 9.17) is 9.47 Å². The lowest BCUT2D eigenvalue weighted by molar-refractivity contribution is -0.146. The van der Waals surface area contributed by atoms with Gasteiger partial charge in [-0.3, -0.25) is 4.79 Å². The van der Waals surface area contributed by atoms with Gasteiger partial charge in [-0.15, -0.1) is 0 Å². The van der Waals surface area contributed by atoms with Gasteiger partial charge >= 0.3 is 5.97 Å². The standard InChI is InChI=1S/C11H21NO3/c1-9(2)15-11(13)7-12-5-6-14-8-10-3-4-10/h9-10,12H,3-8H2,1-2H3. The van der Waals surface area contributed by atoms with Gasteiger partial charge in [0.25, 0.3) is 0 Å². The first kappa shape index (κ1) is 12.5. The molecule has 0 aromatic heterocycles. The number of carbonyl (C=O) groups excluding carboxylic acids is 1. The van der Waals surface area contributed by atoms with E-state index < -0.39 is 0 Å². The van der Waals surface area contributed by atoms with Crippen LogP contribution in [0.3, 0.4) is 0 Å². The number of ether oxygens (including phenoxy) is 2. The molecule has 1 aliphatic rings. The number of nitrogens with one attached hydrogen (secondary N) is 1. The van der Waals surface area contributed by atoms with Crippen molar-refractivity contribution in [2.45, 2.75) is 32.8 Å². The molecule has 1 saturated carbocycles. The van der Waals surface area contributed by atoms with E-state index in [-0.39, 0.29) is 18.6 Å². The zero-order valence-corrected chi connectivity index (χ0v) is 9.62. The average Bonchev–Trinajstić information content (AvgIpc) is 2.93. The number of esters is 1. The summed E-state index contributed by atoms with van der Waals surface area (Å²) in [7, 11) is 0. The van der Waals surface area contributed by atoms with Gasteiger partial charge in [0.15, 0.2) is 0 Å². The first-order valence-electron chi connectivity index (χ1n) is 5.66. The minimum absolute atomic E-state index is 0.0367. The lowest BCUT2D eigenvalue weighted by atomic mass is 10.5. The maximum atomic E-state index is 11.1. The van der Waals surface area contributed by atoms with Crippen molar-refractivity contribution in [1.82, 2.24) is 5.32 Å². The first-order chi connectivity index (χ1) is 7.18. The SMILES string of the molecule is CC(C)OC(=O)CNCCOCC1CC1. The van der Waals surface area contributed by atoms with Gasteiger partial charge in [0.05, 0.1) is 19.3 Å². The van der Waals surface area contributed by atoms with Crippen LogP contribution in [-0.4, -0.2) is 38.4 Å². The maximum Gasteiger partial charge on any atom is 0.320 e. The minimum atomic E-state index is -0.202. The zero-order valence-electron chi connectivity index (χ0n) is 9.62. The maximum absolute atomic E-state index is 11.1. The third kappa shape index (κ3) is 7.33. The zero-order chi connectivity index (χ0) is 11.1. The molecule has 0 saturated heterocycles. The van der Waals surface area contributed by atoms with Crippen LogP contribution in [0.4, 0.5) is 0 Å². The molecule has 0 aromatic carbocycles. The number of rotatable bonds is 8. The summed E-state index contributed by atoms with van der Waals surface area (Å²) in [6.45, 7) is 6.21. The van der Waals surface area contributed by atoms with E-state index >= 15 is 0 Å². The topological polar surface area (TPSA) is 47.6 Å². The van der Waals surface area contributed by atoms with E-state index in [2.05, 4.69) is 5.32 Å². The molecule has 1 N–H and O–H groups in total. The van der Waals surface area contributed by atoms with Gasteiger partial charge in [-0.05, 0) is 32.6 Å². The van der Waals surface area contributed by atoms with Gasteiger partial charge in [-0.2, -0.15) is 0 Å². The van der Waals surface area contributed by atoms with Gasteiger partial charge < -0.3 is 14.8 Å². The molecule has 0 spiro atoms. The van der Waals surface area contributed by atoms with Gasteiger partial charge in [0.1, 0.15) is 0 Å². The molecule has 15 heavy (non-hydrogen) atoms. The number of hydrogen-bond donors (Lipinski definition) is 1. The van der Waals surface area contributed by atoms with Crippen molar-refractivity contribution in [1.29, 1.82) is 0 Å². The van der Waals surface area contributed by atoms with Crippen molar-refractivity contribution >= 4 is 5.97 Å². The van der Waals surface area contributed by atoms with Crippen LogP contribution in [0.5, 0.6) is 0 Å². The summed E-state index contributed by atoms with van der Waals surface area (Å²) >= 11 is 0. The van der Waals surface area contributed by atoms with Crippen molar-refractivity contribution in [3.05, 3.63) is 0 Å². The summed E-state index contributed by atoms with van der Waals surface area (Å²) in [5, 5.41) is 2.99. The molecule has 4 heteroatoms. The monoisotopic (exact) mass is 215 g/mol. The highest BCUT2D eigenvalue weighted by molar-refractivity contribution is 5.71. The molecule has 0 atom stereocenters. The molecule has 0 bridgehead atoms. The second-order valence-corrected chi connectivity index (χ2v) is 4.23. The van der Waals surface area contributed by atoms with Crippen molar-refractivity contribution < 1.29 is 14.3 Å². The molecule has 0 heterocycles. The molecule has 0 amide bonds. The molecular formula is C11H21NO3. The average molecular weight is 215 g/mol. The van der Waals surface area contributed by atoms with E-state index in [9.17, 15) is 4.79 Å². The number of hydrogen-bond acceptors (Lipinski definition) is 4. The molecular weight excluding hydrogens is 194 g/mol. The minimum Gasteiger partial charge on any atom is -0.462 e. The second-order valence-electron chi connectivity index (χ2n) is 4.23. The van der Waals surface area contributed by atoms with Crippen LogP contribution >= 0.6 is 0 Å². The third-order valence-electron chi connectivity index (χ3n) is 2.11. The Bertz CT molecular complexity index is 190. The van der Waals surface area contributed by atoms with Gasteiger partial charge in [-0.1, -0.05) is 0 Å². The van der Waals surface area contributed by atoms with Gasteiger partial charge in [0.2, 0.25) is 0 Å². The smallest absolute Gasteiger partial charge is 0.320 e.